The van der Waals surface area contributed by atoms with Gasteiger partial charge in [-0.1, -0.05) is 37.3 Å². The van der Waals surface area contributed by atoms with Crippen molar-refractivity contribution >= 4 is 10.9 Å². The van der Waals surface area contributed by atoms with Crippen LogP contribution in [0.2, 0.25) is 0 Å². The second-order valence-corrected chi connectivity index (χ2v) is 10.0. The van der Waals surface area contributed by atoms with Crippen molar-refractivity contribution in [3.63, 3.8) is 0 Å². The third-order valence-corrected chi connectivity index (χ3v) is 7.45. The third-order valence-electron chi connectivity index (χ3n) is 7.45. The quantitative estimate of drug-likeness (QED) is 0.494. The molecular weight excluding hydrogens is 414 g/mol. The van der Waals surface area contributed by atoms with Gasteiger partial charge in [0, 0.05) is 49.3 Å². The van der Waals surface area contributed by atoms with E-state index >= 15 is 0 Å². The molecule has 6 nitrogen and oxygen atoms in total. The topological polar surface area (TPSA) is 63.7 Å². The minimum Gasteiger partial charge on any atom is -0.487 e. The van der Waals surface area contributed by atoms with Crippen LogP contribution < -0.4 is 4.74 Å². The molecule has 1 aliphatic carbocycles. The number of aromatic nitrogens is 2. The van der Waals surface area contributed by atoms with E-state index in [2.05, 4.69) is 39.0 Å². The molecule has 5 rings (SSSR count). The van der Waals surface area contributed by atoms with Crippen LogP contribution in [0.5, 0.6) is 5.75 Å². The van der Waals surface area contributed by atoms with Crippen LogP contribution in [0, 0.1) is 12.8 Å². The molecule has 0 bridgehead atoms. The highest BCUT2D eigenvalue weighted by molar-refractivity contribution is 5.85. The van der Waals surface area contributed by atoms with Crippen molar-refractivity contribution < 1.29 is 14.4 Å². The summed E-state index contributed by atoms with van der Waals surface area (Å²) in [6.07, 6.45) is 12.2. The predicted octanol–water partition coefficient (Wildman–Crippen LogP) is 5.44. The van der Waals surface area contributed by atoms with Gasteiger partial charge in [-0.05, 0) is 55.9 Å². The van der Waals surface area contributed by atoms with E-state index in [-0.39, 0.29) is 6.10 Å². The predicted molar refractivity (Wildman–Crippen MR) is 129 cm³/mol. The van der Waals surface area contributed by atoms with Gasteiger partial charge in [0.15, 0.2) is 0 Å². The summed E-state index contributed by atoms with van der Waals surface area (Å²) in [4.78, 5) is 2.47. The molecule has 1 aromatic carbocycles. The summed E-state index contributed by atoms with van der Waals surface area (Å²) in [5, 5.41) is 15.2. The molecule has 1 N–H and O–H groups in total. The van der Waals surface area contributed by atoms with E-state index in [1.54, 1.807) is 0 Å². The summed E-state index contributed by atoms with van der Waals surface area (Å²) in [5.74, 6) is 2.54. The molecular formula is C27H37N3O3. The van der Waals surface area contributed by atoms with Crippen LogP contribution in [0.3, 0.4) is 0 Å². The second kappa shape index (κ2) is 10.3. The maximum Gasteiger partial charge on any atom is 0.134 e. The Bertz CT molecular complexity index is 1040. The van der Waals surface area contributed by atoms with Crippen LogP contribution in [0.15, 0.2) is 35.0 Å². The van der Waals surface area contributed by atoms with Crippen molar-refractivity contribution in [3.8, 4) is 5.75 Å². The van der Waals surface area contributed by atoms with E-state index in [1.807, 2.05) is 13.0 Å². The Kier molecular flexibility index (Phi) is 7.02. The fourth-order valence-corrected chi connectivity index (χ4v) is 5.51. The Balaban J connectivity index is 1.35. The van der Waals surface area contributed by atoms with Gasteiger partial charge in [-0.25, -0.2) is 0 Å². The maximum atomic E-state index is 9.89. The molecule has 0 amide bonds. The maximum absolute atomic E-state index is 9.89. The molecule has 1 aliphatic heterocycles. The smallest absolute Gasteiger partial charge is 0.134 e. The fraction of sp³-hybridized carbons (Fsp3) is 0.593. The van der Waals surface area contributed by atoms with Crippen LogP contribution in [-0.2, 0) is 19.7 Å². The minimum atomic E-state index is -0.141. The van der Waals surface area contributed by atoms with Crippen LogP contribution >= 0.6 is 0 Å². The largest absolute Gasteiger partial charge is 0.487 e. The number of hydrogen-bond donors (Lipinski definition) is 1. The molecule has 3 heterocycles. The van der Waals surface area contributed by atoms with Crippen molar-refractivity contribution in [2.75, 3.05) is 13.1 Å². The fourth-order valence-electron chi connectivity index (χ4n) is 5.51. The highest BCUT2D eigenvalue weighted by atomic mass is 16.5. The molecule has 3 aromatic rings. The van der Waals surface area contributed by atoms with Crippen molar-refractivity contribution in [3.05, 3.63) is 47.5 Å². The number of aliphatic hydroxyl groups is 1. The number of aryl methyl sites for hydroxylation is 2. The second-order valence-electron chi connectivity index (χ2n) is 10.0. The third kappa shape index (κ3) is 5.61. The summed E-state index contributed by atoms with van der Waals surface area (Å²) in [7, 11) is 0. The average Bonchev–Trinajstić information content (AvgIpc) is 3.41. The molecule has 6 heteroatoms. The van der Waals surface area contributed by atoms with Gasteiger partial charge in [0.2, 0.25) is 0 Å². The number of rotatable bonds is 8. The van der Waals surface area contributed by atoms with Gasteiger partial charge in [-0.3, -0.25) is 4.90 Å². The molecule has 1 saturated carbocycles. The number of nitrogens with zero attached hydrogens (tertiary/aromatic N) is 3. The van der Waals surface area contributed by atoms with Gasteiger partial charge in [0.05, 0.1) is 6.10 Å². The highest BCUT2D eigenvalue weighted by Crippen LogP contribution is 2.31. The number of likely N-dealkylation sites (tertiary alicyclic amines) is 1. The van der Waals surface area contributed by atoms with E-state index in [1.165, 1.54) is 55.0 Å². The lowest BCUT2D eigenvalue weighted by Gasteiger charge is -2.29. The first kappa shape index (κ1) is 22.5. The molecule has 0 radical (unpaired) electrons. The Labute approximate surface area is 196 Å². The summed E-state index contributed by atoms with van der Waals surface area (Å²) >= 11 is 0. The van der Waals surface area contributed by atoms with E-state index < -0.39 is 0 Å². The molecule has 0 atom stereocenters. The van der Waals surface area contributed by atoms with Crippen LogP contribution in [-0.4, -0.2) is 38.9 Å². The van der Waals surface area contributed by atoms with Crippen molar-refractivity contribution in [1.82, 2.24) is 14.6 Å². The lowest BCUT2D eigenvalue weighted by atomic mass is 9.87. The summed E-state index contributed by atoms with van der Waals surface area (Å²) in [6.45, 7) is 6.22. The Hall–Kier alpha value is -2.31. The van der Waals surface area contributed by atoms with Crippen LogP contribution in [0.1, 0.15) is 68.4 Å². The van der Waals surface area contributed by atoms with Gasteiger partial charge in [0.25, 0.3) is 0 Å². The molecule has 33 heavy (non-hydrogen) atoms. The molecule has 0 spiro atoms. The van der Waals surface area contributed by atoms with Crippen molar-refractivity contribution in [2.24, 2.45) is 5.92 Å². The summed E-state index contributed by atoms with van der Waals surface area (Å²) in [5.41, 5.74) is 3.46. The van der Waals surface area contributed by atoms with Gasteiger partial charge in [0.1, 0.15) is 23.8 Å². The number of aliphatic hydroxyl groups excluding tert-OH is 1. The lowest BCUT2D eigenvalue weighted by Crippen LogP contribution is -2.35. The standard InChI is InChI=1S/C27H37N3O3/c1-20-15-23(28-33-20)19-32-25-7-8-27-26(16-25)22(17-29-12-10-24(31)11-13-29)18-30(27)14-9-21-5-3-2-4-6-21/h7-8,15-16,18,21,24,31H,2-6,9-14,17,19H2,1H3. The van der Waals surface area contributed by atoms with E-state index in [4.69, 9.17) is 9.26 Å². The monoisotopic (exact) mass is 451 g/mol. The Morgan fingerprint density at radius 1 is 1.09 bits per heavy atom. The zero-order valence-corrected chi connectivity index (χ0v) is 19.8. The molecule has 178 valence electrons. The molecule has 0 unspecified atom stereocenters. The first-order valence-corrected chi connectivity index (χ1v) is 12.7. The zero-order chi connectivity index (χ0) is 22.6. The van der Waals surface area contributed by atoms with Crippen LogP contribution in [0.25, 0.3) is 10.9 Å². The number of fused-ring (bicyclic) bond motifs is 1. The Morgan fingerprint density at radius 3 is 2.67 bits per heavy atom. The number of piperidine rings is 1. The number of ether oxygens (including phenoxy) is 1. The van der Waals surface area contributed by atoms with E-state index in [0.29, 0.717) is 6.61 Å². The molecule has 2 fully saturated rings. The first-order chi connectivity index (χ1) is 16.1. The molecule has 2 aliphatic rings. The molecule has 2 aromatic heterocycles. The minimum absolute atomic E-state index is 0.141. The highest BCUT2D eigenvalue weighted by Gasteiger charge is 2.20. The summed E-state index contributed by atoms with van der Waals surface area (Å²) in [6, 6.07) is 8.39. The lowest BCUT2D eigenvalue weighted by molar-refractivity contribution is 0.0794. The zero-order valence-electron chi connectivity index (χ0n) is 19.8. The van der Waals surface area contributed by atoms with Crippen molar-refractivity contribution in [1.29, 1.82) is 0 Å². The number of hydrogen-bond acceptors (Lipinski definition) is 5. The van der Waals surface area contributed by atoms with Gasteiger partial charge < -0.3 is 18.9 Å². The van der Waals surface area contributed by atoms with Gasteiger partial charge in [-0.2, -0.15) is 0 Å². The van der Waals surface area contributed by atoms with Crippen LogP contribution in [0.4, 0.5) is 0 Å². The SMILES string of the molecule is Cc1cc(COc2ccc3c(c2)c(CN2CCC(O)CC2)cn3CCC2CCCCC2)no1. The van der Waals surface area contributed by atoms with E-state index in [0.717, 1.165) is 62.1 Å². The molecule has 1 saturated heterocycles. The average molecular weight is 452 g/mol. The normalized spacial score (nSPS) is 18.8. The van der Waals surface area contributed by atoms with E-state index in [9.17, 15) is 5.11 Å². The summed E-state index contributed by atoms with van der Waals surface area (Å²) < 4.78 is 13.7. The Morgan fingerprint density at radius 2 is 1.91 bits per heavy atom. The first-order valence-electron chi connectivity index (χ1n) is 12.7. The van der Waals surface area contributed by atoms with Gasteiger partial charge in [-0.15, -0.1) is 0 Å². The van der Waals surface area contributed by atoms with Gasteiger partial charge >= 0.3 is 0 Å². The number of benzene rings is 1. The van der Waals surface area contributed by atoms with Crippen molar-refractivity contribution in [2.45, 2.75) is 84.1 Å².